The fourth-order valence-electron chi connectivity index (χ4n) is 3.72. The summed E-state index contributed by atoms with van der Waals surface area (Å²) in [5, 5.41) is 0. The summed E-state index contributed by atoms with van der Waals surface area (Å²) in [7, 11) is -0.372. The maximum absolute atomic E-state index is 13.8. The second kappa shape index (κ2) is 13.4. The van der Waals surface area contributed by atoms with Crippen LogP contribution in [0.3, 0.4) is 0 Å². The first-order valence-corrected chi connectivity index (χ1v) is 12.8. The van der Waals surface area contributed by atoms with Crippen LogP contribution in [0.25, 0.3) is 0 Å². The largest absolute Gasteiger partial charge is 0.383 e. The third-order valence-corrected chi connectivity index (χ3v) is 7.36. The van der Waals surface area contributed by atoms with Gasteiger partial charge in [-0.2, -0.15) is 4.31 Å². The number of ether oxygens (including phenoxy) is 2. The number of benzene rings is 3. The van der Waals surface area contributed by atoms with Crippen molar-refractivity contribution >= 4 is 10.0 Å². The van der Waals surface area contributed by atoms with Crippen LogP contribution < -0.4 is 0 Å². The summed E-state index contributed by atoms with van der Waals surface area (Å²) >= 11 is 0. The number of methoxy groups -OCH3 is 2. The fourth-order valence-corrected chi connectivity index (χ4v) is 5.21. The van der Waals surface area contributed by atoms with E-state index in [-0.39, 0.29) is 0 Å². The quantitative estimate of drug-likeness (QED) is 0.345. The van der Waals surface area contributed by atoms with E-state index in [9.17, 15) is 8.42 Å². The molecule has 0 N–H and O–H groups in total. The van der Waals surface area contributed by atoms with Crippen molar-refractivity contribution in [2.45, 2.75) is 24.5 Å². The Morgan fingerprint density at radius 1 is 0.647 bits per heavy atom. The first-order valence-electron chi connectivity index (χ1n) is 11.4. The van der Waals surface area contributed by atoms with Crippen LogP contribution >= 0.6 is 0 Å². The summed E-state index contributed by atoms with van der Waals surface area (Å²) in [6.45, 7) is 3.91. The lowest BCUT2D eigenvalue weighted by atomic mass is 10.2. The van der Waals surface area contributed by atoms with Gasteiger partial charge in [0.2, 0.25) is 10.0 Å². The van der Waals surface area contributed by atoms with Gasteiger partial charge in [-0.25, -0.2) is 8.42 Å². The number of rotatable bonds is 14. The standard InChI is InChI=1S/C27H34N2O4S/c1-32-18-16-28(17-19-33-2)21-26-14-9-15-27(20-26)34(30,31)29(22-24-10-5-3-6-11-24)23-25-12-7-4-8-13-25/h3-15,20H,16-19,21-23H2,1-2H3. The summed E-state index contributed by atoms with van der Waals surface area (Å²) in [6, 6.07) is 26.6. The van der Waals surface area contributed by atoms with Crippen LogP contribution in [0.2, 0.25) is 0 Å². The van der Waals surface area contributed by atoms with Crippen molar-refractivity contribution < 1.29 is 17.9 Å². The van der Waals surface area contributed by atoms with Gasteiger partial charge in [0.25, 0.3) is 0 Å². The Morgan fingerprint density at radius 3 is 1.65 bits per heavy atom. The zero-order chi connectivity index (χ0) is 24.2. The zero-order valence-electron chi connectivity index (χ0n) is 20.0. The van der Waals surface area contributed by atoms with E-state index in [1.165, 1.54) is 0 Å². The Hall–Kier alpha value is -2.55. The van der Waals surface area contributed by atoms with Crippen LogP contribution in [0.1, 0.15) is 16.7 Å². The van der Waals surface area contributed by atoms with Crippen LogP contribution in [0, 0.1) is 0 Å². The molecule has 0 atom stereocenters. The molecule has 182 valence electrons. The minimum Gasteiger partial charge on any atom is -0.383 e. The Kier molecular flexibility index (Phi) is 10.2. The molecule has 0 aliphatic heterocycles. The molecule has 0 fully saturated rings. The highest BCUT2D eigenvalue weighted by molar-refractivity contribution is 7.89. The molecule has 0 radical (unpaired) electrons. The van der Waals surface area contributed by atoms with Gasteiger partial charge in [0.1, 0.15) is 0 Å². The smallest absolute Gasteiger partial charge is 0.243 e. The highest BCUT2D eigenvalue weighted by atomic mass is 32.2. The molecule has 0 bridgehead atoms. The van der Waals surface area contributed by atoms with Crippen LogP contribution in [0.15, 0.2) is 89.8 Å². The molecule has 0 aliphatic rings. The van der Waals surface area contributed by atoms with Gasteiger partial charge in [-0.1, -0.05) is 72.8 Å². The predicted molar refractivity (Wildman–Crippen MR) is 135 cm³/mol. The minimum absolute atomic E-state index is 0.301. The number of sulfonamides is 1. The van der Waals surface area contributed by atoms with Crippen molar-refractivity contribution in [3.05, 3.63) is 102 Å². The van der Waals surface area contributed by atoms with E-state index in [1.54, 1.807) is 30.7 Å². The molecule has 0 spiro atoms. The van der Waals surface area contributed by atoms with Crippen molar-refractivity contribution in [2.75, 3.05) is 40.5 Å². The normalized spacial score (nSPS) is 11.9. The van der Waals surface area contributed by atoms with Crippen LogP contribution in [0.4, 0.5) is 0 Å². The Bertz CT molecular complexity index is 1040. The summed E-state index contributed by atoms with van der Waals surface area (Å²) in [6.07, 6.45) is 0. The molecule has 7 heteroatoms. The first-order chi connectivity index (χ1) is 16.5. The van der Waals surface area contributed by atoms with Gasteiger partial charge in [-0.15, -0.1) is 0 Å². The van der Waals surface area contributed by atoms with Crippen LogP contribution in [-0.2, 0) is 39.1 Å². The SMILES string of the molecule is COCCN(CCOC)Cc1cccc(S(=O)(=O)N(Cc2ccccc2)Cc2ccccc2)c1. The maximum Gasteiger partial charge on any atom is 0.243 e. The van der Waals surface area contributed by atoms with Gasteiger partial charge in [-0.3, -0.25) is 4.90 Å². The van der Waals surface area contributed by atoms with E-state index in [0.29, 0.717) is 37.7 Å². The summed E-state index contributed by atoms with van der Waals surface area (Å²) < 4.78 is 39.6. The first kappa shape index (κ1) is 26.1. The molecule has 0 aliphatic carbocycles. The lowest BCUT2D eigenvalue weighted by Crippen LogP contribution is -2.31. The maximum atomic E-state index is 13.8. The average molecular weight is 483 g/mol. The Balaban J connectivity index is 1.86. The van der Waals surface area contributed by atoms with E-state index < -0.39 is 10.0 Å². The van der Waals surface area contributed by atoms with Gasteiger partial charge in [0, 0.05) is 46.9 Å². The van der Waals surface area contributed by atoms with Gasteiger partial charge >= 0.3 is 0 Å². The molecule has 0 unspecified atom stereocenters. The van der Waals surface area contributed by atoms with Crippen molar-refractivity contribution in [3.63, 3.8) is 0 Å². The third-order valence-electron chi connectivity index (χ3n) is 5.57. The minimum atomic E-state index is -3.72. The summed E-state index contributed by atoms with van der Waals surface area (Å²) in [4.78, 5) is 2.50. The Morgan fingerprint density at radius 2 is 1.15 bits per heavy atom. The summed E-state index contributed by atoms with van der Waals surface area (Å²) in [5.41, 5.74) is 2.83. The summed E-state index contributed by atoms with van der Waals surface area (Å²) in [5.74, 6) is 0. The number of hydrogen-bond donors (Lipinski definition) is 0. The van der Waals surface area contributed by atoms with Crippen molar-refractivity contribution in [1.82, 2.24) is 9.21 Å². The monoisotopic (exact) mass is 482 g/mol. The molecule has 0 aromatic heterocycles. The second-order valence-corrected chi connectivity index (χ2v) is 10.1. The average Bonchev–Trinajstić information content (AvgIpc) is 2.86. The van der Waals surface area contributed by atoms with Crippen molar-refractivity contribution in [2.24, 2.45) is 0 Å². The van der Waals surface area contributed by atoms with Crippen molar-refractivity contribution in [1.29, 1.82) is 0 Å². The highest BCUT2D eigenvalue weighted by Gasteiger charge is 2.25. The molecule has 0 saturated carbocycles. The van der Waals surface area contributed by atoms with E-state index in [0.717, 1.165) is 29.8 Å². The zero-order valence-corrected chi connectivity index (χ0v) is 20.8. The highest BCUT2D eigenvalue weighted by Crippen LogP contribution is 2.22. The molecule has 3 aromatic carbocycles. The molecular formula is C27H34N2O4S. The molecule has 0 heterocycles. The fraction of sp³-hybridized carbons (Fsp3) is 0.333. The van der Waals surface area contributed by atoms with Gasteiger partial charge in [-0.05, 0) is 28.8 Å². The predicted octanol–water partition coefficient (Wildman–Crippen LogP) is 4.17. The molecule has 3 aromatic rings. The lowest BCUT2D eigenvalue weighted by Gasteiger charge is -2.24. The van der Waals surface area contributed by atoms with E-state index in [4.69, 9.17) is 9.47 Å². The van der Waals surface area contributed by atoms with Crippen LogP contribution in [0.5, 0.6) is 0 Å². The molecule has 0 amide bonds. The van der Waals surface area contributed by atoms with Crippen molar-refractivity contribution in [3.8, 4) is 0 Å². The molecule has 34 heavy (non-hydrogen) atoms. The number of nitrogens with zero attached hydrogens (tertiary/aromatic N) is 2. The lowest BCUT2D eigenvalue weighted by molar-refractivity contribution is 0.110. The molecule has 6 nitrogen and oxygen atoms in total. The topological polar surface area (TPSA) is 59.1 Å². The van der Waals surface area contributed by atoms with Gasteiger partial charge < -0.3 is 9.47 Å². The molecule has 3 rings (SSSR count). The van der Waals surface area contributed by atoms with Gasteiger partial charge in [0.05, 0.1) is 18.1 Å². The molecule has 0 saturated heterocycles. The third kappa shape index (κ3) is 7.75. The molecular weight excluding hydrogens is 448 g/mol. The second-order valence-electron chi connectivity index (χ2n) is 8.15. The van der Waals surface area contributed by atoms with E-state index in [2.05, 4.69) is 4.90 Å². The number of hydrogen-bond acceptors (Lipinski definition) is 5. The van der Waals surface area contributed by atoms with Crippen LogP contribution in [-0.4, -0.2) is 58.1 Å². The van der Waals surface area contributed by atoms with E-state index >= 15 is 0 Å². The van der Waals surface area contributed by atoms with Gasteiger partial charge in [0.15, 0.2) is 0 Å². The Labute approximate surface area is 203 Å². The van der Waals surface area contributed by atoms with E-state index in [1.807, 2.05) is 72.8 Å².